The van der Waals surface area contributed by atoms with Gasteiger partial charge < -0.3 is 15.4 Å². The van der Waals surface area contributed by atoms with Crippen LogP contribution in [-0.2, 0) is 10.0 Å². The van der Waals surface area contributed by atoms with E-state index in [0.717, 1.165) is 12.8 Å². The molecule has 0 saturated carbocycles. The first-order chi connectivity index (χ1) is 9.95. The molecule has 3 N–H and O–H groups in total. The molecular weight excluding hydrogens is 294 g/mol. The highest BCUT2D eigenvalue weighted by Gasteiger charge is 2.28. The number of aromatic nitrogens is 1. The zero-order valence-corrected chi connectivity index (χ0v) is 12.8. The summed E-state index contributed by atoms with van der Waals surface area (Å²) in [6, 6.07) is 1.33. The molecular formula is C13H21N3O4S. The predicted molar refractivity (Wildman–Crippen MR) is 77.4 cm³/mol. The lowest BCUT2D eigenvalue weighted by Gasteiger charge is -2.13. The molecule has 8 heteroatoms. The number of amides is 1. The SMILES string of the molecule is CCC(O)CNC(=O)c1cc(S(=O)(=O)N2CCCC2)c[nH]1. The van der Waals surface area contributed by atoms with Crippen LogP contribution < -0.4 is 5.32 Å². The Labute approximate surface area is 124 Å². The van der Waals surface area contributed by atoms with Crippen molar-refractivity contribution >= 4 is 15.9 Å². The highest BCUT2D eigenvalue weighted by Crippen LogP contribution is 2.21. The van der Waals surface area contributed by atoms with Gasteiger partial charge in [-0.3, -0.25) is 4.79 Å². The average Bonchev–Trinajstić information content (AvgIpc) is 3.14. The molecule has 1 aromatic heterocycles. The Kier molecular flexibility index (Phi) is 5.02. The average molecular weight is 315 g/mol. The van der Waals surface area contributed by atoms with Gasteiger partial charge in [0, 0.05) is 25.8 Å². The standard InChI is InChI=1S/C13H21N3O4S/c1-2-10(17)8-15-13(18)12-7-11(9-14-12)21(19,20)16-5-3-4-6-16/h7,9-10,14,17H,2-6,8H2,1H3,(H,15,18). The summed E-state index contributed by atoms with van der Waals surface area (Å²) < 4.78 is 26.1. The van der Waals surface area contributed by atoms with E-state index in [4.69, 9.17) is 0 Å². The largest absolute Gasteiger partial charge is 0.391 e. The zero-order valence-electron chi connectivity index (χ0n) is 12.0. The molecule has 1 fully saturated rings. The third-order valence-electron chi connectivity index (χ3n) is 3.57. The molecule has 2 rings (SSSR count). The molecule has 1 saturated heterocycles. The molecule has 1 aromatic rings. The van der Waals surface area contributed by atoms with Crippen molar-refractivity contribution in [3.8, 4) is 0 Å². The van der Waals surface area contributed by atoms with E-state index >= 15 is 0 Å². The quantitative estimate of drug-likeness (QED) is 0.702. The summed E-state index contributed by atoms with van der Waals surface area (Å²) in [5, 5.41) is 12.0. The molecule has 1 aliphatic heterocycles. The molecule has 21 heavy (non-hydrogen) atoms. The van der Waals surface area contributed by atoms with E-state index < -0.39 is 22.0 Å². The second-order valence-electron chi connectivity index (χ2n) is 5.13. The third-order valence-corrected chi connectivity index (χ3v) is 5.45. The summed E-state index contributed by atoms with van der Waals surface area (Å²) in [6.45, 7) is 3.00. The third kappa shape index (κ3) is 3.63. The van der Waals surface area contributed by atoms with Crippen LogP contribution in [0.15, 0.2) is 17.2 Å². The number of hydrogen-bond donors (Lipinski definition) is 3. The van der Waals surface area contributed by atoms with Crippen LogP contribution in [0.4, 0.5) is 0 Å². The molecule has 1 amide bonds. The number of nitrogens with one attached hydrogen (secondary N) is 2. The molecule has 1 aliphatic rings. The fourth-order valence-electron chi connectivity index (χ4n) is 2.18. The minimum atomic E-state index is -3.51. The second-order valence-corrected chi connectivity index (χ2v) is 7.07. The fourth-order valence-corrected chi connectivity index (χ4v) is 3.69. The van der Waals surface area contributed by atoms with Crippen molar-refractivity contribution in [3.05, 3.63) is 18.0 Å². The number of sulfonamides is 1. The number of carbonyl (C=O) groups excluding carboxylic acids is 1. The van der Waals surface area contributed by atoms with Crippen molar-refractivity contribution in [2.24, 2.45) is 0 Å². The van der Waals surface area contributed by atoms with Crippen LogP contribution in [0.1, 0.15) is 36.7 Å². The summed E-state index contributed by atoms with van der Waals surface area (Å²) in [5.74, 6) is -0.426. The van der Waals surface area contributed by atoms with Gasteiger partial charge in [-0.25, -0.2) is 8.42 Å². The van der Waals surface area contributed by atoms with E-state index in [0.29, 0.717) is 19.5 Å². The Morgan fingerprint density at radius 2 is 2.14 bits per heavy atom. The lowest BCUT2D eigenvalue weighted by molar-refractivity contribution is 0.0909. The smallest absolute Gasteiger partial charge is 0.267 e. The van der Waals surface area contributed by atoms with Gasteiger partial charge in [0.05, 0.1) is 6.10 Å². The van der Waals surface area contributed by atoms with Crippen molar-refractivity contribution in [3.63, 3.8) is 0 Å². The van der Waals surface area contributed by atoms with Crippen molar-refractivity contribution in [1.29, 1.82) is 0 Å². The Morgan fingerprint density at radius 3 is 2.76 bits per heavy atom. The number of H-pyrrole nitrogens is 1. The molecule has 7 nitrogen and oxygen atoms in total. The lowest BCUT2D eigenvalue weighted by Crippen LogP contribution is -2.32. The van der Waals surface area contributed by atoms with Crippen molar-refractivity contribution < 1.29 is 18.3 Å². The molecule has 2 heterocycles. The Morgan fingerprint density at radius 1 is 1.48 bits per heavy atom. The maximum atomic E-state index is 12.3. The van der Waals surface area contributed by atoms with Crippen LogP contribution in [0.3, 0.4) is 0 Å². The Balaban J connectivity index is 2.05. The summed E-state index contributed by atoms with van der Waals surface area (Å²) in [7, 11) is -3.51. The Bertz CT molecular complexity index is 590. The van der Waals surface area contributed by atoms with Gasteiger partial charge in [0.1, 0.15) is 10.6 Å². The number of rotatable bonds is 6. The van der Waals surface area contributed by atoms with Crippen molar-refractivity contribution in [2.75, 3.05) is 19.6 Å². The van der Waals surface area contributed by atoms with E-state index in [1.165, 1.54) is 16.6 Å². The van der Waals surface area contributed by atoms with Crippen LogP contribution in [0.5, 0.6) is 0 Å². The molecule has 0 bridgehead atoms. The summed E-state index contributed by atoms with van der Waals surface area (Å²) in [4.78, 5) is 14.6. The molecule has 0 spiro atoms. The lowest BCUT2D eigenvalue weighted by atomic mass is 10.3. The van der Waals surface area contributed by atoms with Gasteiger partial charge in [0.2, 0.25) is 10.0 Å². The molecule has 0 radical (unpaired) electrons. The number of aromatic amines is 1. The summed E-state index contributed by atoms with van der Waals surface area (Å²) in [5.41, 5.74) is 0.177. The van der Waals surface area contributed by atoms with Gasteiger partial charge >= 0.3 is 0 Å². The van der Waals surface area contributed by atoms with E-state index in [9.17, 15) is 18.3 Å². The van der Waals surface area contributed by atoms with Crippen LogP contribution in [-0.4, -0.2) is 54.5 Å². The minimum Gasteiger partial charge on any atom is -0.391 e. The molecule has 0 aliphatic carbocycles. The van der Waals surface area contributed by atoms with E-state index in [2.05, 4.69) is 10.3 Å². The first-order valence-electron chi connectivity index (χ1n) is 7.10. The van der Waals surface area contributed by atoms with Crippen molar-refractivity contribution in [2.45, 2.75) is 37.2 Å². The first-order valence-corrected chi connectivity index (χ1v) is 8.54. The van der Waals surface area contributed by atoms with Gasteiger partial charge in [-0.2, -0.15) is 4.31 Å². The maximum Gasteiger partial charge on any atom is 0.267 e. The monoisotopic (exact) mass is 315 g/mol. The maximum absolute atomic E-state index is 12.3. The number of aliphatic hydroxyl groups is 1. The Hall–Kier alpha value is -1.38. The second kappa shape index (κ2) is 6.59. The van der Waals surface area contributed by atoms with Crippen LogP contribution in [0, 0.1) is 0 Å². The molecule has 0 aromatic carbocycles. The first kappa shape index (κ1) is 16.0. The number of carbonyl (C=O) groups is 1. The number of aliphatic hydroxyl groups excluding tert-OH is 1. The summed E-state index contributed by atoms with van der Waals surface area (Å²) >= 11 is 0. The van der Waals surface area contributed by atoms with Crippen LogP contribution in [0.2, 0.25) is 0 Å². The predicted octanol–water partition coefficient (Wildman–Crippen LogP) is 0.300. The van der Waals surface area contributed by atoms with Gasteiger partial charge in [-0.15, -0.1) is 0 Å². The fraction of sp³-hybridized carbons (Fsp3) is 0.615. The van der Waals surface area contributed by atoms with Crippen LogP contribution in [0.25, 0.3) is 0 Å². The molecule has 1 atom stereocenters. The van der Waals surface area contributed by atoms with Gasteiger partial charge in [0.25, 0.3) is 5.91 Å². The van der Waals surface area contributed by atoms with Crippen LogP contribution >= 0.6 is 0 Å². The molecule has 1 unspecified atom stereocenters. The normalized spacial score (nSPS) is 17.8. The number of hydrogen-bond acceptors (Lipinski definition) is 4. The topological polar surface area (TPSA) is 102 Å². The minimum absolute atomic E-state index is 0.102. The number of nitrogens with zero attached hydrogens (tertiary/aromatic N) is 1. The highest BCUT2D eigenvalue weighted by molar-refractivity contribution is 7.89. The van der Waals surface area contributed by atoms with Gasteiger partial charge in [-0.1, -0.05) is 6.92 Å². The van der Waals surface area contributed by atoms with E-state index in [1.807, 2.05) is 6.92 Å². The van der Waals surface area contributed by atoms with Crippen molar-refractivity contribution in [1.82, 2.24) is 14.6 Å². The molecule has 118 valence electrons. The van der Waals surface area contributed by atoms with Gasteiger partial charge in [-0.05, 0) is 25.3 Å². The van der Waals surface area contributed by atoms with E-state index in [-0.39, 0.29) is 17.1 Å². The highest BCUT2D eigenvalue weighted by atomic mass is 32.2. The van der Waals surface area contributed by atoms with Gasteiger partial charge in [0.15, 0.2) is 0 Å². The zero-order chi connectivity index (χ0) is 15.5. The summed E-state index contributed by atoms with van der Waals surface area (Å²) in [6.07, 6.45) is 3.01. The van der Waals surface area contributed by atoms with E-state index in [1.54, 1.807) is 0 Å².